The molecule has 0 aliphatic carbocycles. The Hall–Kier alpha value is -0.820. The summed E-state index contributed by atoms with van der Waals surface area (Å²) in [5.74, 6) is 2.03. The standard InChI is InChI=1S/C16H34N4O2S/c1-5-14(6-2)12-18-16(17-7-3)19-13-15-8-10-20(11-9-15)23(4,21)22/h14-15H,5-13H2,1-4H3,(H2,17,18,19). The summed E-state index contributed by atoms with van der Waals surface area (Å²) >= 11 is 0. The highest BCUT2D eigenvalue weighted by molar-refractivity contribution is 7.88. The number of guanidine groups is 1. The van der Waals surface area contributed by atoms with Gasteiger partial charge in [0.2, 0.25) is 10.0 Å². The van der Waals surface area contributed by atoms with Gasteiger partial charge in [-0.05, 0) is 31.6 Å². The molecule has 0 spiro atoms. The Kier molecular flexibility index (Phi) is 8.91. The van der Waals surface area contributed by atoms with Gasteiger partial charge in [0, 0.05) is 32.7 Å². The van der Waals surface area contributed by atoms with Crippen molar-refractivity contribution in [3.05, 3.63) is 0 Å². The maximum atomic E-state index is 11.5. The summed E-state index contributed by atoms with van der Waals surface area (Å²) in [6.07, 6.45) is 5.42. The largest absolute Gasteiger partial charge is 0.357 e. The van der Waals surface area contributed by atoms with E-state index >= 15 is 0 Å². The van der Waals surface area contributed by atoms with E-state index in [0.29, 0.717) is 24.9 Å². The molecule has 0 aromatic carbocycles. The summed E-state index contributed by atoms with van der Waals surface area (Å²) in [7, 11) is -3.04. The molecule has 0 aromatic heterocycles. The van der Waals surface area contributed by atoms with Crippen LogP contribution in [0.25, 0.3) is 0 Å². The summed E-state index contributed by atoms with van der Waals surface area (Å²) in [4.78, 5) is 4.68. The molecule has 1 fully saturated rings. The molecule has 0 unspecified atom stereocenters. The molecule has 2 N–H and O–H groups in total. The number of nitrogens with one attached hydrogen (secondary N) is 2. The first-order valence-corrected chi connectivity index (χ1v) is 10.7. The van der Waals surface area contributed by atoms with Crippen molar-refractivity contribution in [2.75, 3.05) is 39.0 Å². The molecule has 1 rings (SSSR count). The summed E-state index contributed by atoms with van der Waals surface area (Å²) < 4.78 is 24.6. The van der Waals surface area contributed by atoms with E-state index in [-0.39, 0.29) is 0 Å². The van der Waals surface area contributed by atoms with Crippen molar-refractivity contribution < 1.29 is 8.42 Å². The number of piperidine rings is 1. The van der Waals surface area contributed by atoms with Gasteiger partial charge in [-0.25, -0.2) is 12.7 Å². The van der Waals surface area contributed by atoms with Crippen molar-refractivity contribution in [2.24, 2.45) is 16.8 Å². The van der Waals surface area contributed by atoms with E-state index < -0.39 is 10.0 Å². The number of hydrogen-bond acceptors (Lipinski definition) is 3. The first-order chi connectivity index (χ1) is 10.9. The molecule has 23 heavy (non-hydrogen) atoms. The second kappa shape index (κ2) is 10.1. The van der Waals surface area contributed by atoms with Gasteiger partial charge >= 0.3 is 0 Å². The van der Waals surface area contributed by atoms with E-state index in [1.54, 1.807) is 4.31 Å². The minimum Gasteiger partial charge on any atom is -0.357 e. The maximum absolute atomic E-state index is 11.5. The van der Waals surface area contributed by atoms with Crippen LogP contribution in [0.15, 0.2) is 4.99 Å². The lowest BCUT2D eigenvalue weighted by molar-refractivity contribution is 0.274. The van der Waals surface area contributed by atoms with Gasteiger partial charge in [-0.2, -0.15) is 0 Å². The molecule has 0 bridgehead atoms. The van der Waals surface area contributed by atoms with E-state index in [9.17, 15) is 8.42 Å². The second-order valence-corrected chi connectivity index (χ2v) is 8.37. The normalized spacial score (nSPS) is 18.4. The molecule has 0 saturated carbocycles. The van der Waals surface area contributed by atoms with Crippen molar-refractivity contribution in [3.8, 4) is 0 Å². The van der Waals surface area contributed by atoms with Crippen LogP contribution in [0.2, 0.25) is 0 Å². The third-order valence-electron chi connectivity index (χ3n) is 4.61. The predicted octanol–water partition coefficient (Wildman–Crippen LogP) is 1.65. The van der Waals surface area contributed by atoms with Crippen LogP contribution < -0.4 is 10.6 Å². The number of rotatable bonds is 8. The molecule has 0 radical (unpaired) electrons. The fourth-order valence-electron chi connectivity index (χ4n) is 2.80. The van der Waals surface area contributed by atoms with Gasteiger partial charge in [0.1, 0.15) is 0 Å². The monoisotopic (exact) mass is 346 g/mol. The summed E-state index contributed by atoms with van der Waals surface area (Å²) in [5.41, 5.74) is 0. The van der Waals surface area contributed by atoms with Gasteiger partial charge in [-0.3, -0.25) is 4.99 Å². The first-order valence-electron chi connectivity index (χ1n) is 8.87. The van der Waals surface area contributed by atoms with Gasteiger partial charge in [-0.15, -0.1) is 0 Å². The Labute approximate surface area is 142 Å². The number of nitrogens with zero attached hydrogens (tertiary/aromatic N) is 2. The summed E-state index contributed by atoms with van der Waals surface area (Å²) in [6, 6.07) is 0. The van der Waals surface area contributed by atoms with Crippen molar-refractivity contribution in [1.29, 1.82) is 0 Å². The molecule has 1 aliphatic rings. The Balaban J connectivity index is 2.43. The Bertz CT molecular complexity index is 453. The van der Waals surface area contributed by atoms with E-state index in [2.05, 4.69) is 36.4 Å². The number of aliphatic imine (C=N–C) groups is 1. The van der Waals surface area contributed by atoms with Crippen molar-refractivity contribution in [2.45, 2.75) is 46.5 Å². The third kappa shape index (κ3) is 7.52. The first kappa shape index (κ1) is 20.2. The zero-order valence-electron chi connectivity index (χ0n) is 15.1. The van der Waals surface area contributed by atoms with Crippen LogP contribution >= 0.6 is 0 Å². The van der Waals surface area contributed by atoms with Crippen LogP contribution in [0.3, 0.4) is 0 Å². The van der Waals surface area contributed by atoms with Crippen molar-refractivity contribution >= 4 is 16.0 Å². The summed E-state index contributed by atoms with van der Waals surface area (Å²) in [5, 5.41) is 6.71. The van der Waals surface area contributed by atoms with Crippen molar-refractivity contribution in [1.82, 2.24) is 14.9 Å². The highest BCUT2D eigenvalue weighted by Crippen LogP contribution is 2.18. The Morgan fingerprint density at radius 3 is 2.26 bits per heavy atom. The smallest absolute Gasteiger partial charge is 0.211 e. The maximum Gasteiger partial charge on any atom is 0.211 e. The quantitative estimate of drug-likeness (QED) is 0.518. The second-order valence-electron chi connectivity index (χ2n) is 6.39. The van der Waals surface area contributed by atoms with E-state index in [1.165, 1.54) is 6.26 Å². The van der Waals surface area contributed by atoms with Crippen LogP contribution in [0.5, 0.6) is 0 Å². The topological polar surface area (TPSA) is 73.8 Å². The molecule has 6 nitrogen and oxygen atoms in total. The fraction of sp³-hybridized carbons (Fsp3) is 0.938. The molecule has 0 amide bonds. The highest BCUT2D eigenvalue weighted by atomic mass is 32.2. The van der Waals surface area contributed by atoms with Gasteiger partial charge in [0.25, 0.3) is 0 Å². The van der Waals surface area contributed by atoms with Crippen LogP contribution in [0.1, 0.15) is 46.5 Å². The SMILES string of the molecule is CCNC(=NCC(CC)CC)NCC1CCN(S(C)(=O)=O)CC1. The zero-order chi connectivity index (χ0) is 17.3. The van der Waals surface area contributed by atoms with Crippen molar-refractivity contribution in [3.63, 3.8) is 0 Å². The lowest BCUT2D eigenvalue weighted by atomic mass is 9.98. The minimum absolute atomic E-state index is 0.505. The van der Waals surface area contributed by atoms with E-state index in [0.717, 1.165) is 51.3 Å². The fourth-order valence-corrected chi connectivity index (χ4v) is 3.67. The minimum atomic E-state index is -3.04. The van der Waals surface area contributed by atoms with Gasteiger partial charge in [0.15, 0.2) is 5.96 Å². The zero-order valence-corrected chi connectivity index (χ0v) is 16.0. The van der Waals surface area contributed by atoms with Gasteiger partial charge in [-0.1, -0.05) is 26.7 Å². The molecule has 0 atom stereocenters. The molecule has 1 saturated heterocycles. The lowest BCUT2D eigenvalue weighted by Gasteiger charge is -2.30. The van der Waals surface area contributed by atoms with E-state index in [4.69, 9.17) is 0 Å². The third-order valence-corrected chi connectivity index (χ3v) is 5.91. The molecule has 1 aliphatic heterocycles. The van der Waals surface area contributed by atoms with Crippen LogP contribution in [0.4, 0.5) is 0 Å². The van der Waals surface area contributed by atoms with Gasteiger partial charge in [0.05, 0.1) is 6.26 Å². The highest BCUT2D eigenvalue weighted by Gasteiger charge is 2.24. The summed E-state index contributed by atoms with van der Waals surface area (Å²) in [6.45, 7) is 10.3. The molecule has 7 heteroatoms. The number of hydrogen-bond donors (Lipinski definition) is 2. The molecular weight excluding hydrogens is 312 g/mol. The number of sulfonamides is 1. The van der Waals surface area contributed by atoms with Crippen LogP contribution in [-0.4, -0.2) is 57.7 Å². The lowest BCUT2D eigenvalue weighted by Crippen LogP contribution is -2.44. The molecular formula is C16H34N4O2S. The Morgan fingerprint density at radius 2 is 1.78 bits per heavy atom. The predicted molar refractivity (Wildman–Crippen MR) is 97.2 cm³/mol. The Morgan fingerprint density at radius 1 is 1.17 bits per heavy atom. The molecule has 1 heterocycles. The molecule has 0 aromatic rings. The average Bonchev–Trinajstić information content (AvgIpc) is 2.53. The van der Waals surface area contributed by atoms with Crippen LogP contribution in [-0.2, 0) is 10.0 Å². The molecule has 136 valence electrons. The van der Waals surface area contributed by atoms with Gasteiger partial charge < -0.3 is 10.6 Å². The van der Waals surface area contributed by atoms with Crippen LogP contribution in [0, 0.1) is 11.8 Å². The average molecular weight is 347 g/mol. The van der Waals surface area contributed by atoms with E-state index in [1.807, 2.05) is 0 Å².